The van der Waals surface area contributed by atoms with Gasteiger partial charge in [0.2, 0.25) is 0 Å². The lowest BCUT2D eigenvalue weighted by atomic mass is 10.2. The molecule has 0 fully saturated rings. The van der Waals surface area contributed by atoms with Gasteiger partial charge in [0.15, 0.2) is 0 Å². The third-order valence-electron chi connectivity index (χ3n) is 2.15. The van der Waals surface area contributed by atoms with Crippen LogP contribution in [0.4, 0.5) is 5.69 Å². The number of hydrogen-bond donors (Lipinski definition) is 3. The van der Waals surface area contributed by atoms with Gasteiger partial charge in [0, 0.05) is 31.9 Å². The number of hydrogen-bond acceptors (Lipinski definition) is 4. The number of nitrogens with two attached hydrogens (primary N) is 2. The molecule has 0 atom stereocenters. The highest BCUT2D eigenvalue weighted by atomic mass is 16.1. The normalized spacial score (nSPS) is 9.81. The van der Waals surface area contributed by atoms with E-state index in [0.29, 0.717) is 13.0 Å². The van der Waals surface area contributed by atoms with Crippen LogP contribution in [0.3, 0.4) is 0 Å². The highest BCUT2D eigenvalue weighted by Crippen LogP contribution is 2.12. The van der Waals surface area contributed by atoms with Gasteiger partial charge >= 0.3 is 0 Å². The molecule has 0 aliphatic heterocycles. The molecular formula is C10H15N5O. The number of nitrogens with one attached hydrogen (secondary N) is 1. The van der Waals surface area contributed by atoms with Gasteiger partial charge < -0.3 is 16.4 Å². The van der Waals surface area contributed by atoms with Gasteiger partial charge in [-0.1, -0.05) is 0 Å². The molecular weight excluding hydrogens is 206 g/mol. The number of anilines is 1. The van der Waals surface area contributed by atoms with E-state index < -0.39 is 5.91 Å². The van der Waals surface area contributed by atoms with Crippen molar-refractivity contribution in [3.05, 3.63) is 24.0 Å². The molecule has 0 aliphatic carbocycles. The van der Waals surface area contributed by atoms with Crippen molar-refractivity contribution in [2.45, 2.75) is 6.42 Å². The number of carbonyl (C=O) groups is 1. The van der Waals surface area contributed by atoms with Crippen molar-refractivity contribution in [2.75, 3.05) is 18.5 Å². The maximum Gasteiger partial charge on any atom is 0.267 e. The third-order valence-corrected chi connectivity index (χ3v) is 2.15. The van der Waals surface area contributed by atoms with Crippen molar-refractivity contribution < 1.29 is 4.79 Å². The fourth-order valence-electron chi connectivity index (χ4n) is 1.21. The standard InChI is InChI=1S/C10H15N5O/c1-15(5-3-9(11)12)7-2-4-14-8(6-7)10(13)16/h2,4,6H,3,5H2,1H3,(H3,11,12)(H2,13,16). The summed E-state index contributed by atoms with van der Waals surface area (Å²) in [6, 6.07) is 3.38. The van der Waals surface area contributed by atoms with Gasteiger partial charge in [-0.05, 0) is 12.1 Å². The zero-order valence-electron chi connectivity index (χ0n) is 9.10. The summed E-state index contributed by atoms with van der Waals surface area (Å²) in [5, 5.41) is 7.13. The number of aromatic nitrogens is 1. The Bertz CT molecular complexity index is 404. The summed E-state index contributed by atoms with van der Waals surface area (Å²) in [5.74, 6) is -0.419. The number of rotatable bonds is 5. The van der Waals surface area contributed by atoms with Gasteiger partial charge in [-0.15, -0.1) is 0 Å². The Labute approximate surface area is 93.8 Å². The molecule has 1 rings (SSSR count). The van der Waals surface area contributed by atoms with Crippen molar-refractivity contribution in [1.82, 2.24) is 4.98 Å². The number of primary amides is 1. The molecule has 86 valence electrons. The van der Waals surface area contributed by atoms with E-state index in [2.05, 4.69) is 4.98 Å². The first-order chi connectivity index (χ1) is 7.50. The third kappa shape index (κ3) is 3.23. The Hall–Kier alpha value is -2.11. The monoisotopic (exact) mass is 221 g/mol. The molecule has 0 aromatic carbocycles. The molecule has 1 aromatic rings. The number of amidine groups is 1. The van der Waals surface area contributed by atoms with Crippen molar-refractivity contribution in [3.8, 4) is 0 Å². The van der Waals surface area contributed by atoms with Crippen LogP contribution >= 0.6 is 0 Å². The maximum absolute atomic E-state index is 10.9. The lowest BCUT2D eigenvalue weighted by Gasteiger charge is -2.18. The molecule has 6 heteroatoms. The molecule has 1 amide bonds. The van der Waals surface area contributed by atoms with Crippen molar-refractivity contribution in [3.63, 3.8) is 0 Å². The summed E-state index contributed by atoms with van der Waals surface area (Å²) in [4.78, 5) is 16.7. The second-order valence-electron chi connectivity index (χ2n) is 3.46. The zero-order chi connectivity index (χ0) is 12.1. The first-order valence-corrected chi connectivity index (χ1v) is 4.80. The fraction of sp³-hybridized carbons (Fsp3) is 0.300. The van der Waals surface area contributed by atoms with E-state index in [0.717, 1.165) is 5.69 Å². The van der Waals surface area contributed by atoms with Crippen molar-refractivity contribution in [2.24, 2.45) is 11.5 Å². The molecule has 1 aromatic heterocycles. The van der Waals surface area contributed by atoms with Crippen LogP contribution in [-0.2, 0) is 0 Å². The molecule has 0 aliphatic rings. The largest absolute Gasteiger partial charge is 0.388 e. The van der Waals surface area contributed by atoms with Crippen LogP contribution in [0.5, 0.6) is 0 Å². The average Bonchev–Trinajstić information content (AvgIpc) is 2.26. The summed E-state index contributed by atoms with van der Waals surface area (Å²) in [7, 11) is 1.85. The van der Waals surface area contributed by atoms with E-state index in [1.807, 2.05) is 11.9 Å². The van der Waals surface area contributed by atoms with Crippen LogP contribution in [0.25, 0.3) is 0 Å². The summed E-state index contributed by atoms with van der Waals surface area (Å²) in [6.45, 7) is 0.609. The Morgan fingerprint density at radius 2 is 2.25 bits per heavy atom. The second kappa shape index (κ2) is 5.11. The van der Waals surface area contributed by atoms with E-state index in [9.17, 15) is 4.79 Å². The Morgan fingerprint density at radius 3 is 2.81 bits per heavy atom. The maximum atomic E-state index is 10.9. The molecule has 0 saturated carbocycles. The van der Waals surface area contributed by atoms with Crippen LogP contribution in [0.15, 0.2) is 18.3 Å². The molecule has 1 heterocycles. The van der Waals surface area contributed by atoms with Gasteiger partial charge in [0.25, 0.3) is 5.91 Å². The zero-order valence-corrected chi connectivity index (χ0v) is 9.10. The molecule has 5 N–H and O–H groups in total. The number of nitrogens with zero attached hydrogens (tertiary/aromatic N) is 2. The molecule has 0 bridgehead atoms. The van der Waals surface area contributed by atoms with Gasteiger partial charge in [0.1, 0.15) is 5.69 Å². The molecule has 6 nitrogen and oxygen atoms in total. The van der Waals surface area contributed by atoms with E-state index in [1.165, 1.54) is 6.20 Å². The summed E-state index contributed by atoms with van der Waals surface area (Å²) in [5.41, 5.74) is 11.5. The fourth-order valence-corrected chi connectivity index (χ4v) is 1.21. The van der Waals surface area contributed by atoms with Crippen molar-refractivity contribution >= 4 is 17.4 Å². The minimum absolute atomic E-state index is 0.135. The lowest BCUT2D eigenvalue weighted by Crippen LogP contribution is -2.24. The molecule has 0 unspecified atom stereocenters. The summed E-state index contributed by atoms with van der Waals surface area (Å²) in [6.07, 6.45) is 2.00. The lowest BCUT2D eigenvalue weighted by molar-refractivity contribution is 0.0995. The Morgan fingerprint density at radius 1 is 1.56 bits per heavy atom. The molecule has 0 radical (unpaired) electrons. The highest BCUT2D eigenvalue weighted by Gasteiger charge is 2.06. The van der Waals surface area contributed by atoms with Crippen LogP contribution in [-0.4, -0.2) is 30.3 Å². The van der Waals surface area contributed by atoms with Crippen molar-refractivity contribution in [1.29, 1.82) is 5.41 Å². The van der Waals surface area contributed by atoms with E-state index >= 15 is 0 Å². The molecule has 0 saturated heterocycles. The first kappa shape index (κ1) is 12.0. The predicted octanol–water partition coefficient (Wildman–Crippen LogP) is -0.0572. The quantitative estimate of drug-likeness (QED) is 0.478. The average molecular weight is 221 g/mol. The summed E-state index contributed by atoms with van der Waals surface area (Å²) < 4.78 is 0. The topological polar surface area (TPSA) is 109 Å². The van der Waals surface area contributed by atoms with Crippen LogP contribution in [0.1, 0.15) is 16.9 Å². The van der Waals surface area contributed by atoms with Gasteiger partial charge in [-0.2, -0.15) is 0 Å². The minimum atomic E-state index is -0.554. The SMILES string of the molecule is CN(CCC(=N)N)c1ccnc(C(N)=O)c1. The number of carbonyl (C=O) groups excluding carboxylic acids is 1. The Kier molecular flexibility index (Phi) is 3.82. The number of pyridine rings is 1. The highest BCUT2D eigenvalue weighted by molar-refractivity contribution is 5.91. The number of amides is 1. The van der Waals surface area contributed by atoms with Gasteiger partial charge in [0.05, 0.1) is 5.84 Å². The van der Waals surface area contributed by atoms with Gasteiger partial charge in [-0.25, -0.2) is 0 Å². The minimum Gasteiger partial charge on any atom is -0.388 e. The molecule has 0 spiro atoms. The van der Waals surface area contributed by atoms with Crippen LogP contribution in [0.2, 0.25) is 0 Å². The van der Waals surface area contributed by atoms with E-state index in [4.69, 9.17) is 16.9 Å². The van der Waals surface area contributed by atoms with Crippen LogP contribution < -0.4 is 16.4 Å². The van der Waals surface area contributed by atoms with Gasteiger partial charge in [-0.3, -0.25) is 15.2 Å². The Balaban J connectivity index is 2.75. The van der Waals surface area contributed by atoms with E-state index in [-0.39, 0.29) is 11.5 Å². The predicted molar refractivity (Wildman–Crippen MR) is 62.6 cm³/mol. The second-order valence-corrected chi connectivity index (χ2v) is 3.46. The molecule has 16 heavy (non-hydrogen) atoms. The first-order valence-electron chi connectivity index (χ1n) is 4.80. The summed E-state index contributed by atoms with van der Waals surface area (Å²) >= 11 is 0. The van der Waals surface area contributed by atoms with Crippen LogP contribution in [0, 0.1) is 5.41 Å². The smallest absolute Gasteiger partial charge is 0.267 e. The van der Waals surface area contributed by atoms with E-state index in [1.54, 1.807) is 12.1 Å².